The van der Waals surface area contributed by atoms with Crippen LogP contribution in [0.1, 0.15) is 78.6 Å². The topological polar surface area (TPSA) is 68.3 Å². The van der Waals surface area contributed by atoms with Crippen LogP contribution in [-0.2, 0) is 0 Å². The Hall–Kier alpha value is 0.460. The SMILES string of the molecule is CC(C)CCCCCCCCC(Cl)CC[NH2+]CC(C)O.O.[Cl-]. The van der Waals surface area contributed by atoms with E-state index in [0.29, 0.717) is 5.38 Å². The van der Waals surface area contributed by atoms with E-state index in [0.717, 1.165) is 31.8 Å². The molecule has 0 rings (SSSR count). The summed E-state index contributed by atoms with van der Waals surface area (Å²) in [6, 6.07) is 0. The maximum absolute atomic E-state index is 9.15. The Morgan fingerprint density at radius 2 is 1.36 bits per heavy atom. The molecule has 0 saturated heterocycles. The summed E-state index contributed by atoms with van der Waals surface area (Å²) in [5.74, 6) is 0.859. The first-order chi connectivity index (χ1) is 9.52. The molecule has 22 heavy (non-hydrogen) atoms. The molecule has 2 atom stereocenters. The number of rotatable bonds is 14. The van der Waals surface area contributed by atoms with Crippen molar-refractivity contribution in [2.75, 3.05) is 13.1 Å². The van der Waals surface area contributed by atoms with Crippen molar-refractivity contribution in [2.45, 2.75) is 90.0 Å². The first kappa shape index (κ1) is 27.3. The van der Waals surface area contributed by atoms with Crippen LogP contribution in [0.5, 0.6) is 0 Å². The van der Waals surface area contributed by atoms with Gasteiger partial charge >= 0.3 is 0 Å². The summed E-state index contributed by atoms with van der Waals surface area (Å²) in [5, 5.41) is 11.6. The fraction of sp³-hybridized carbons (Fsp3) is 1.00. The Balaban J connectivity index is -0.00000180. The average Bonchev–Trinajstić information content (AvgIpc) is 2.37. The van der Waals surface area contributed by atoms with E-state index in [1.54, 1.807) is 0 Å². The van der Waals surface area contributed by atoms with Crippen LogP contribution in [-0.4, -0.2) is 35.2 Å². The van der Waals surface area contributed by atoms with Crippen LogP contribution < -0.4 is 17.7 Å². The predicted octanol–water partition coefficient (Wildman–Crippen LogP) is -0.116. The van der Waals surface area contributed by atoms with Crippen LogP contribution in [0.25, 0.3) is 0 Å². The van der Waals surface area contributed by atoms with Crippen LogP contribution >= 0.6 is 11.6 Å². The lowest BCUT2D eigenvalue weighted by molar-refractivity contribution is -0.660. The number of unbranched alkanes of at least 4 members (excludes halogenated alkanes) is 5. The van der Waals surface area contributed by atoms with Gasteiger partial charge in [0.05, 0.1) is 12.6 Å². The second-order valence-corrected chi connectivity index (χ2v) is 7.26. The Morgan fingerprint density at radius 3 is 1.86 bits per heavy atom. The van der Waals surface area contributed by atoms with Crippen LogP contribution in [0.3, 0.4) is 0 Å². The summed E-state index contributed by atoms with van der Waals surface area (Å²) in [5.41, 5.74) is 0. The van der Waals surface area contributed by atoms with Gasteiger partial charge in [0.25, 0.3) is 0 Å². The molecule has 0 radical (unpaired) electrons. The molecule has 0 bridgehead atoms. The summed E-state index contributed by atoms with van der Waals surface area (Å²) in [7, 11) is 0. The number of hydrogen-bond donors (Lipinski definition) is 2. The molecule has 0 aliphatic heterocycles. The number of aliphatic hydroxyl groups excluding tert-OH is 1. The molecule has 0 aromatic rings. The van der Waals surface area contributed by atoms with Crippen LogP contribution in [0, 0.1) is 5.92 Å². The minimum Gasteiger partial charge on any atom is -1.00 e. The summed E-state index contributed by atoms with van der Waals surface area (Å²) in [4.78, 5) is 0. The summed E-state index contributed by atoms with van der Waals surface area (Å²) in [6.45, 7) is 8.27. The highest BCUT2D eigenvalue weighted by molar-refractivity contribution is 6.20. The maximum atomic E-state index is 9.15. The van der Waals surface area contributed by atoms with E-state index in [-0.39, 0.29) is 24.0 Å². The van der Waals surface area contributed by atoms with Gasteiger partial charge < -0.3 is 28.3 Å². The number of hydrogen-bond acceptors (Lipinski definition) is 1. The molecule has 2 unspecified atom stereocenters. The molecule has 0 amide bonds. The highest BCUT2D eigenvalue weighted by Crippen LogP contribution is 2.15. The predicted molar refractivity (Wildman–Crippen MR) is 93.0 cm³/mol. The second-order valence-electron chi connectivity index (χ2n) is 6.64. The van der Waals surface area contributed by atoms with Gasteiger partial charge in [0.2, 0.25) is 0 Å². The Kier molecular flexibility index (Phi) is 24.2. The summed E-state index contributed by atoms with van der Waals surface area (Å²) >= 11 is 6.31. The molecule has 0 fully saturated rings. The van der Waals surface area contributed by atoms with E-state index in [1.807, 2.05) is 6.92 Å². The number of nitrogens with two attached hydrogens (primary N) is 1. The van der Waals surface area contributed by atoms with E-state index in [1.165, 1.54) is 44.9 Å². The number of aliphatic hydroxyl groups is 1. The molecule has 0 heterocycles. The summed E-state index contributed by atoms with van der Waals surface area (Å²) < 4.78 is 0. The Bertz CT molecular complexity index is 205. The molecule has 3 nitrogen and oxygen atoms in total. The molecule has 0 aliphatic carbocycles. The minimum absolute atomic E-state index is 0. The van der Waals surface area contributed by atoms with E-state index in [2.05, 4.69) is 19.2 Å². The molecule has 0 aromatic heterocycles. The smallest absolute Gasteiger partial charge is 0.102 e. The lowest BCUT2D eigenvalue weighted by Gasteiger charge is -2.09. The molecule has 0 saturated carbocycles. The molecule has 0 spiro atoms. The van der Waals surface area contributed by atoms with E-state index >= 15 is 0 Å². The average molecular weight is 360 g/mol. The number of quaternary nitrogens is 1. The highest BCUT2D eigenvalue weighted by atomic mass is 35.5. The molecule has 5 heteroatoms. The number of halogens is 2. The fourth-order valence-electron chi connectivity index (χ4n) is 2.43. The third-order valence-corrected chi connectivity index (χ3v) is 4.18. The third kappa shape index (κ3) is 22.7. The van der Waals surface area contributed by atoms with Crippen molar-refractivity contribution in [3.63, 3.8) is 0 Å². The third-order valence-electron chi connectivity index (χ3n) is 3.74. The van der Waals surface area contributed by atoms with Crippen LogP contribution in [0.2, 0.25) is 0 Å². The van der Waals surface area contributed by atoms with Gasteiger partial charge in [-0.05, 0) is 19.3 Å². The molecule has 0 aromatic carbocycles. The quantitative estimate of drug-likeness (QED) is 0.329. The lowest BCUT2D eigenvalue weighted by atomic mass is 10.0. The molecule has 138 valence electrons. The normalized spacial score (nSPS) is 13.4. The van der Waals surface area contributed by atoms with Crippen molar-refractivity contribution >= 4 is 11.6 Å². The van der Waals surface area contributed by atoms with Gasteiger partial charge in [0, 0.05) is 11.8 Å². The summed E-state index contributed by atoms with van der Waals surface area (Å²) in [6.07, 6.45) is 11.5. The lowest BCUT2D eigenvalue weighted by Crippen LogP contribution is -3.00. The fourth-order valence-corrected chi connectivity index (χ4v) is 2.71. The van der Waals surface area contributed by atoms with Crippen molar-refractivity contribution in [2.24, 2.45) is 5.92 Å². The Morgan fingerprint density at radius 1 is 0.864 bits per heavy atom. The van der Waals surface area contributed by atoms with Gasteiger partial charge in [-0.1, -0.05) is 58.8 Å². The van der Waals surface area contributed by atoms with Gasteiger partial charge in [-0.3, -0.25) is 0 Å². The van der Waals surface area contributed by atoms with Crippen LogP contribution in [0.4, 0.5) is 0 Å². The zero-order valence-electron chi connectivity index (χ0n) is 14.8. The standard InChI is InChI=1S/C17H36ClNO.ClH.H2O/c1-15(2)10-8-6-4-5-7-9-11-17(18)12-13-19-14-16(3)20;;/h15-17,19-20H,4-14H2,1-3H3;1H;1H2. The second kappa shape index (κ2) is 19.5. The van der Waals surface area contributed by atoms with Gasteiger partial charge in [-0.15, -0.1) is 11.6 Å². The van der Waals surface area contributed by atoms with E-state index in [4.69, 9.17) is 16.7 Å². The van der Waals surface area contributed by atoms with Gasteiger partial charge in [-0.2, -0.15) is 0 Å². The highest BCUT2D eigenvalue weighted by Gasteiger charge is 2.06. The molecular formula is C17H39Cl2NO2. The minimum atomic E-state index is -0.209. The number of alkyl halides is 1. The van der Waals surface area contributed by atoms with Crippen molar-refractivity contribution < 1.29 is 28.3 Å². The largest absolute Gasteiger partial charge is 1.00 e. The monoisotopic (exact) mass is 359 g/mol. The first-order valence-corrected chi connectivity index (χ1v) is 9.09. The Labute approximate surface area is 149 Å². The van der Waals surface area contributed by atoms with Gasteiger partial charge in [0.15, 0.2) is 0 Å². The van der Waals surface area contributed by atoms with E-state index < -0.39 is 0 Å². The maximum Gasteiger partial charge on any atom is 0.102 e. The van der Waals surface area contributed by atoms with Crippen LogP contribution in [0.15, 0.2) is 0 Å². The zero-order valence-corrected chi connectivity index (χ0v) is 16.3. The van der Waals surface area contributed by atoms with Gasteiger partial charge in [0.1, 0.15) is 6.54 Å². The van der Waals surface area contributed by atoms with Crippen molar-refractivity contribution in [1.29, 1.82) is 0 Å². The molecule has 0 aliphatic rings. The van der Waals surface area contributed by atoms with Gasteiger partial charge in [-0.25, -0.2) is 0 Å². The van der Waals surface area contributed by atoms with Crippen molar-refractivity contribution in [3.8, 4) is 0 Å². The molecular weight excluding hydrogens is 321 g/mol. The van der Waals surface area contributed by atoms with Crippen molar-refractivity contribution in [3.05, 3.63) is 0 Å². The first-order valence-electron chi connectivity index (χ1n) is 8.66. The van der Waals surface area contributed by atoms with Crippen molar-refractivity contribution in [1.82, 2.24) is 0 Å². The molecule has 5 N–H and O–H groups in total. The zero-order chi connectivity index (χ0) is 15.2. The van der Waals surface area contributed by atoms with E-state index in [9.17, 15) is 0 Å².